The summed E-state index contributed by atoms with van der Waals surface area (Å²) < 4.78 is 12.4. The summed E-state index contributed by atoms with van der Waals surface area (Å²) in [6.45, 7) is 0. The van der Waals surface area contributed by atoms with Crippen LogP contribution in [0, 0.1) is 0 Å². The number of hydrogen-bond donors (Lipinski definition) is 0. The van der Waals surface area contributed by atoms with Gasteiger partial charge in [-0.05, 0) is 156 Å². The highest BCUT2D eigenvalue weighted by atomic mass is 16.3. The van der Waals surface area contributed by atoms with Gasteiger partial charge in [-0.25, -0.2) is 9.97 Å². The minimum Gasteiger partial charge on any atom is -0.438 e. The van der Waals surface area contributed by atoms with E-state index in [1.54, 1.807) is 12.4 Å². The Balaban J connectivity index is 1.00. The van der Waals surface area contributed by atoms with E-state index in [0.717, 1.165) is 66.8 Å². The van der Waals surface area contributed by atoms with Crippen molar-refractivity contribution in [2.75, 3.05) is 0 Å². The van der Waals surface area contributed by atoms with E-state index in [1.807, 2.05) is 24.3 Å². The number of furan rings is 2. The molecule has 0 unspecified atom stereocenters. The number of rotatable bonds is 6. The lowest BCUT2D eigenvalue weighted by molar-refractivity contribution is 0.618. The van der Waals surface area contributed by atoms with Gasteiger partial charge in [0.15, 0.2) is 0 Å². The Morgan fingerprint density at radius 3 is 1.08 bits per heavy atom. The van der Waals surface area contributed by atoms with Gasteiger partial charge in [0, 0.05) is 34.3 Å². The molecule has 0 aliphatic heterocycles. The van der Waals surface area contributed by atoms with Crippen molar-refractivity contribution in [1.82, 2.24) is 9.97 Å². The van der Waals surface area contributed by atoms with Gasteiger partial charge in [-0.2, -0.15) is 0 Å². The molecule has 4 nitrogen and oxygen atoms in total. The molecule has 8 aromatic carbocycles. The molecule has 12 rings (SSSR count). The van der Waals surface area contributed by atoms with Crippen LogP contribution in [0.25, 0.3) is 122 Å². The number of benzene rings is 8. The first-order valence-corrected chi connectivity index (χ1v) is 20.2. The molecule has 0 N–H and O–H groups in total. The maximum Gasteiger partial charge on any atom is 0.226 e. The predicted molar refractivity (Wildman–Crippen MR) is 247 cm³/mol. The van der Waals surface area contributed by atoms with E-state index in [-0.39, 0.29) is 0 Å². The maximum absolute atomic E-state index is 6.21. The molecular formula is C56H34N2O2. The van der Waals surface area contributed by atoms with Crippen molar-refractivity contribution in [1.29, 1.82) is 0 Å². The molecule has 60 heavy (non-hydrogen) atoms. The molecule has 4 heterocycles. The molecule has 0 aliphatic rings. The lowest BCUT2D eigenvalue weighted by Gasteiger charge is -2.14. The molecule has 4 heteroatoms. The highest BCUT2D eigenvalue weighted by Gasteiger charge is 2.15. The summed E-state index contributed by atoms with van der Waals surface area (Å²) in [5.74, 6) is 1.58. The van der Waals surface area contributed by atoms with Gasteiger partial charge in [0.1, 0.15) is 11.5 Å². The van der Waals surface area contributed by atoms with Crippen molar-refractivity contribution in [3.05, 3.63) is 207 Å². The molecule has 0 fully saturated rings. The third kappa shape index (κ3) is 5.85. The summed E-state index contributed by atoms with van der Waals surface area (Å²) in [5.41, 5.74) is 12.3. The van der Waals surface area contributed by atoms with Crippen LogP contribution in [0.15, 0.2) is 215 Å². The van der Waals surface area contributed by atoms with E-state index >= 15 is 0 Å². The fourth-order valence-corrected chi connectivity index (χ4v) is 8.83. The maximum atomic E-state index is 6.21. The fraction of sp³-hybridized carbons (Fsp3) is 0. The molecule has 0 aliphatic carbocycles. The lowest BCUT2D eigenvalue weighted by Crippen LogP contribution is -1.88. The first-order valence-electron chi connectivity index (χ1n) is 20.2. The van der Waals surface area contributed by atoms with Crippen LogP contribution in [0.2, 0.25) is 0 Å². The van der Waals surface area contributed by atoms with Crippen LogP contribution in [0.3, 0.4) is 0 Å². The zero-order chi connectivity index (χ0) is 39.6. The van der Waals surface area contributed by atoms with Gasteiger partial charge in [-0.15, -0.1) is 0 Å². The summed E-state index contributed by atoms with van der Waals surface area (Å²) in [6.07, 6.45) is 3.52. The van der Waals surface area contributed by atoms with Gasteiger partial charge in [-0.3, -0.25) is 0 Å². The fourth-order valence-electron chi connectivity index (χ4n) is 8.83. The van der Waals surface area contributed by atoms with Crippen molar-refractivity contribution in [2.45, 2.75) is 0 Å². The molecule has 0 amide bonds. The van der Waals surface area contributed by atoms with Gasteiger partial charge in [0.25, 0.3) is 0 Å². The Kier molecular flexibility index (Phi) is 7.82. The van der Waals surface area contributed by atoms with Crippen molar-refractivity contribution < 1.29 is 8.83 Å². The average molecular weight is 767 g/mol. The molecule has 280 valence electrons. The standard InChI is InChI=1S/C56H34N2O2/c1-2-20-49-47(18-1)48-19-3-4-21-50(48)52-32-39(22-23-51(49)52)35-10-5-11-36(26-35)44-29-45(37-12-6-14-40(27-37)53-33-42-16-8-24-57-55(42)59-53)31-46(30-44)38-13-7-15-41(28-38)54-34-43-17-9-25-58-56(43)60-54/h1-34H. The monoisotopic (exact) mass is 766 g/mol. The molecule has 12 aromatic rings. The van der Waals surface area contributed by atoms with Gasteiger partial charge in [0.05, 0.1) is 0 Å². The topological polar surface area (TPSA) is 52.1 Å². The number of aromatic nitrogens is 2. The van der Waals surface area contributed by atoms with Gasteiger partial charge < -0.3 is 8.83 Å². The van der Waals surface area contributed by atoms with E-state index < -0.39 is 0 Å². The Labute approximate surface area is 345 Å². The normalized spacial score (nSPS) is 11.7. The number of nitrogens with zero attached hydrogens (tertiary/aromatic N) is 2. The summed E-state index contributed by atoms with van der Waals surface area (Å²) in [6, 6.07) is 69.4. The van der Waals surface area contributed by atoms with Crippen LogP contribution in [-0.4, -0.2) is 9.97 Å². The Hall–Kier alpha value is -8.08. The summed E-state index contributed by atoms with van der Waals surface area (Å²) in [5, 5.41) is 9.59. The van der Waals surface area contributed by atoms with Gasteiger partial charge in [0.2, 0.25) is 11.4 Å². The Morgan fingerprint density at radius 1 is 0.250 bits per heavy atom. The van der Waals surface area contributed by atoms with Crippen LogP contribution >= 0.6 is 0 Å². The van der Waals surface area contributed by atoms with Crippen molar-refractivity contribution in [2.24, 2.45) is 0 Å². The number of hydrogen-bond acceptors (Lipinski definition) is 4. The van der Waals surface area contributed by atoms with E-state index in [9.17, 15) is 0 Å². The highest BCUT2D eigenvalue weighted by molar-refractivity contribution is 6.25. The first kappa shape index (κ1) is 34.0. The highest BCUT2D eigenvalue weighted by Crippen LogP contribution is 2.40. The molecular weight excluding hydrogens is 733 g/mol. The molecule has 0 radical (unpaired) electrons. The lowest BCUT2D eigenvalue weighted by atomic mass is 9.90. The van der Waals surface area contributed by atoms with Gasteiger partial charge >= 0.3 is 0 Å². The second-order valence-corrected chi connectivity index (χ2v) is 15.4. The van der Waals surface area contributed by atoms with Crippen LogP contribution in [0.5, 0.6) is 0 Å². The van der Waals surface area contributed by atoms with Crippen LogP contribution < -0.4 is 0 Å². The zero-order valence-corrected chi connectivity index (χ0v) is 32.3. The van der Waals surface area contributed by atoms with E-state index in [1.165, 1.54) is 43.4 Å². The summed E-state index contributed by atoms with van der Waals surface area (Å²) >= 11 is 0. The second kappa shape index (κ2) is 13.8. The third-order valence-corrected chi connectivity index (χ3v) is 11.8. The minimum absolute atomic E-state index is 0.634. The van der Waals surface area contributed by atoms with Crippen molar-refractivity contribution in [3.63, 3.8) is 0 Å². The Bertz CT molecular complexity index is 3390. The van der Waals surface area contributed by atoms with E-state index in [0.29, 0.717) is 11.4 Å². The van der Waals surface area contributed by atoms with Crippen molar-refractivity contribution >= 4 is 54.5 Å². The minimum atomic E-state index is 0.634. The average Bonchev–Trinajstić information content (AvgIpc) is 3.97. The summed E-state index contributed by atoms with van der Waals surface area (Å²) in [4.78, 5) is 8.86. The third-order valence-electron chi connectivity index (χ3n) is 11.8. The number of pyridine rings is 2. The first-order chi connectivity index (χ1) is 29.7. The molecule has 0 atom stereocenters. The molecule has 0 bridgehead atoms. The van der Waals surface area contributed by atoms with E-state index in [2.05, 4.69) is 180 Å². The second-order valence-electron chi connectivity index (χ2n) is 15.4. The Morgan fingerprint density at radius 2 is 0.617 bits per heavy atom. The van der Waals surface area contributed by atoms with Crippen LogP contribution in [0.1, 0.15) is 0 Å². The zero-order valence-electron chi connectivity index (χ0n) is 32.3. The largest absolute Gasteiger partial charge is 0.438 e. The SMILES string of the molecule is c1cc(-c2cc(-c3cccc(-c4cc5cccnc5o4)c3)cc(-c3cccc(-c4cc5cccnc5o4)c3)c2)cc(-c2ccc3c4ccccc4c4ccccc4c3c2)c1. The summed E-state index contributed by atoms with van der Waals surface area (Å²) in [7, 11) is 0. The van der Waals surface area contributed by atoms with Gasteiger partial charge in [-0.1, -0.05) is 115 Å². The van der Waals surface area contributed by atoms with Crippen LogP contribution in [0.4, 0.5) is 0 Å². The van der Waals surface area contributed by atoms with Crippen molar-refractivity contribution in [3.8, 4) is 67.2 Å². The number of fused-ring (bicyclic) bond motifs is 8. The molecule has 0 saturated heterocycles. The molecule has 0 spiro atoms. The van der Waals surface area contributed by atoms with Crippen LogP contribution in [-0.2, 0) is 0 Å². The molecule has 4 aromatic heterocycles. The molecule has 0 saturated carbocycles. The smallest absolute Gasteiger partial charge is 0.226 e. The van der Waals surface area contributed by atoms with E-state index in [4.69, 9.17) is 8.83 Å². The quantitative estimate of drug-likeness (QED) is 0.158. The predicted octanol–water partition coefficient (Wildman–Crippen LogP) is 15.4.